The Morgan fingerprint density at radius 1 is 0.867 bits per heavy atom. The Morgan fingerprint density at radius 2 is 1.47 bits per heavy atom. The lowest BCUT2D eigenvalue weighted by molar-refractivity contribution is -0.140. The molecule has 1 N–H and O–H groups in total. The minimum absolute atomic E-state index is 0.0332. The van der Waals surface area contributed by atoms with Crippen molar-refractivity contribution in [2.24, 2.45) is 0 Å². The molecule has 0 saturated carbocycles. The van der Waals surface area contributed by atoms with E-state index >= 15 is 0 Å². The van der Waals surface area contributed by atoms with Crippen LogP contribution in [0, 0.1) is 12.7 Å². The molecule has 0 fully saturated rings. The molecule has 0 bridgehead atoms. The van der Waals surface area contributed by atoms with Gasteiger partial charge in [-0.15, -0.1) is 0 Å². The van der Waals surface area contributed by atoms with Crippen molar-refractivity contribution in [1.82, 2.24) is 10.2 Å². The molecule has 45 heavy (non-hydrogen) atoms. The molecule has 0 aliphatic carbocycles. The van der Waals surface area contributed by atoms with Crippen LogP contribution in [-0.4, -0.2) is 43.3 Å². The second kappa shape index (κ2) is 14.3. The molecule has 0 aliphatic rings. The number of anilines is 1. The number of carbonyl (C=O) groups is 2. The summed E-state index contributed by atoms with van der Waals surface area (Å²) in [4.78, 5) is 29.7. The molecule has 7 nitrogen and oxygen atoms in total. The third kappa shape index (κ3) is 8.93. The zero-order valence-corrected chi connectivity index (χ0v) is 27.3. The zero-order valence-electron chi connectivity index (χ0n) is 25.7. The smallest absolute Gasteiger partial charge is 0.264 e. The van der Waals surface area contributed by atoms with Crippen molar-refractivity contribution >= 4 is 39.1 Å². The van der Waals surface area contributed by atoms with Crippen molar-refractivity contribution < 1.29 is 22.4 Å². The van der Waals surface area contributed by atoms with Gasteiger partial charge in [0.2, 0.25) is 11.8 Å². The van der Waals surface area contributed by atoms with Gasteiger partial charge in [0, 0.05) is 23.5 Å². The first-order valence-electron chi connectivity index (χ1n) is 14.5. The van der Waals surface area contributed by atoms with Crippen LogP contribution in [0.2, 0.25) is 5.02 Å². The van der Waals surface area contributed by atoms with Gasteiger partial charge in [0.1, 0.15) is 18.4 Å². The van der Waals surface area contributed by atoms with Crippen LogP contribution in [0.3, 0.4) is 0 Å². The fourth-order valence-electron chi connectivity index (χ4n) is 4.79. The Bertz CT molecular complexity index is 1730. The lowest BCUT2D eigenvalue weighted by atomic mass is 10.0. The minimum atomic E-state index is -4.29. The summed E-state index contributed by atoms with van der Waals surface area (Å²) in [6.45, 7) is 6.65. The van der Waals surface area contributed by atoms with E-state index in [1.807, 2.05) is 58.0 Å². The summed E-state index contributed by atoms with van der Waals surface area (Å²) in [5.74, 6) is -1.60. The monoisotopic (exact) mass is 649 g/mol. The number of carbonyl (C=O) groups excluding carboxylic acids is 2. The number of nitrogens with zero attached hydrogens (tertiary/aromatic N) is 2. The van der Waals surface area contributed by atoms with E-state index < -0.39 is 45.8 Å². The highest BCUT2D eigenvalue weighted by Crippen LogP contribution is 2.26. The summed E-state index contributed by atoms with van der Waals surface area (Å²) in [6.07, 6.45) is 0.167. The number of hydrogen-bond acceptors (Lipinski definition) is 4. The van der Waals surface area contributed by atoms with Crippen LogP contribution in [0.1, 0.15) is 37.5 Å². The molecule has 4 rings (SSSR count). The Hall–Kier alpha value is -4.21. The van der Waals surface area contributed by atoms with Gasteiger partial charge in [-0.05, 0) is 81.3 Å². The van der Waals surface area contributed by atoms with Crippen LogP contribution < -0.4 is 9.62 Å². The maximum absolute atomic E-state index is 14.5. The van der Waals surface area contributed by atoms with E-state index in [9.17, 15) is 22.4 Å². The first-order valence-corrected chi connectivity index (χ1v) is 16.3. The Labute approximate surface area is 269 Å². The minimum Gasteiger partial charge on any atom is -0.350 e. The first-order chi connectivity index (χ1) is 21.2. The summed E-state index contributed by atoms with van der Waals surface area (Å²) < 4.78 is 43.0. The van der Waals surface area contributed by atoms with Crippen molar-refractivity contribution in [2.75, 3.05) is 10.8 Å². The fraction of sp³-hybridized carbons (Fsp3) is 0.257. The van der Waals surface area contributed by atoms with E-state index in [0.717, 1.165) is 27.6 Å². The van der Waals surface area contributed by atoms with Crippen molar-refractivity contribution in [3.8, 4) is 0 Å². The summed E-state index contributed by atoms with van der Waals surface area (Å²) >= 11 is 6.53. The van der Waals surface area contributed by atoms with Gasteiger partial charge in [-0.25, -0.2) is 12.8 Å². The Morgan fingerprint density at radius 3 is 2.07 bits per heavy atom. The van der Waals surface area contributed by atoms with Gasteiger partial charge < -0.3 is 10.2 Å². The molecule has 0 aromatic heterocycles. The molecule has 10 heteroatoms. The predicted molar refractivity (Wildman–Crippen MR) is 176 cm³/mol. The van der Waals surface area contributed by atoms with Crippen LogP contribution in [0.15, 0.2) is 108 Å². The topological polar surface area (TPSA) is 86.8 Å². The number of rotatable bonds is 11. The van der Waals surface area contributed by atoms with E-state index in [1.165, 1.54) is 29.2 Å². The lowest BCUT2D eigenvalue weighted by Gasteiger charge is -2.35. The number of aryl methyl sites for hydroxylation is 1. The van der Waals surface area contributed by atoms with Gasteiger partial charge >= 0.3 is 0 Å². The van der Waals surface area contributed by atoms with Crippen molar-refractivity contribution in [3.63, 3.8) is 0 Å². The summed E-state index contributed by atoms with van der Waals surface area (Å²) in [6, 6.07) is 26.4. The first kappa shape index (κ1) is 33.7. The Kier molecular flexibility index (Phi) is 10.7. The van der Waals surface area contributed by atoms with Gasteiger partial charge in [-0.1, -0.05) is 77.8 Å². The molecule has 236 valence electrons. The van der Waals surface area contributed by atoms with Gasteiger partial charge in [-0.3, -0.25) is 13.9 Å². The number of hydrogen-bond donors (Lipinski definition) is 1. The standard InChI is InChI=1S/C35H37ClFN3O4S/c1-25-14-20-30(21-15-25)45(43,44)40(29-18-16-28(37)17-19-29)24-33(41)39(23-27-12-8-9-13-31(27)36)32(34(42)38-35(2,3)4)22-26-10-6-5-7-11-26/h5-21,32H,22-24H2,1-4H3,(H,38,42). The molecule has 0 aliphatic heterocycles. The number of sulfonamides is 1. The SMILES string of the molecule is Cc1ccc(S(=O)(=O)N(CC(=O)N(Cc2ccccc2Cl)C(Cc2ccccc2)C(=O)NC(C)(C)C)c2ccc(F)cc2)cc1. The molecule has 1 unspecified atom stereocenters. The van der Waals surface area contributed by atoms with E-state index in [1.54, 1.807) is 36.4 Å². The van der Waals surface area contributed by atoms with Crippen LogP contribution in [0.4, 0.5) is 10.1 Å². The Balaban J connectivity index is 1.82. The third-order valence-electron chi connectivity index (χ3n) is 7.07. The highest BCUT2D eigenvalue weighted by molar-refractivity contribution is 7.92. The van der Waals surface area contributed by atoms with Crippen molar-refractivity contribution in [1.29, 1.82) is 0 Å². The second-order valence-electron chi connectivity index (χ2n) is 11.9. The number of nitrogens with one attached hydrogen (secondary N) is 1. The maximum Gasteiger partial charge on any atom is 0.264 e. The van der Waals surface area contributed by atoms with Crippen LogP contribution in [0.25, 0.3) is 0 Å². The van der Waals surface area contributed by atoms with E-state index in [-0.39, 0.29) is 23.5 Å². The second-order valence-corrected chi connectivity index (χ2v) is 14.1. The normalized spacial score (nSPS) is 12.3. The van der Waals surface area contributed by atoms with Gasteiger partial charge in [-0.2, -0.15) is 0 Å². The number of benzene rings is 4. The zero-order chi connectivity index (χ0) is 32.8. The molecule has 4 aromatic carbocycles. The fourth-order valence-corrected chi connectivity index (χ4v) is 6.40. The van der Waals surface area contributed by atoms with E-state index in [0.29, 0.717) is 10.6 Å². The molecular formula is C35H37ClFN3O4S. The van der Waals surface area contributed by atoms with E-state index in [4.69, 9.17) is 11.6 Å². The lowest BCUT2D eigenvalue weighted by Crippen LogP contribution is -2.56. The average Bonchev–Trinajstić information content (AvgIpc) is 2.99. The molecule has 1 atom stereocenters. The largest absolute Gasteiger partial charge is 0.350 e. The van der Waals surface area contributed by atoms with Crippen LogP contribution in [-0.2, 0) is 32.6 Å². The summed E-state index contributed by atoms with van der Waals surface area (Å²) in [5, 5.41) is 3.38. The molecule has 0 spiro atoms. The van der Waals surface area contributed by atoms with Crippen LogP contribution in [0.5, 0.6) is 0 Å². The van der Waals surface area contributed by atoms with Gasteiger partial charge in [0.05, 0.1) is 10.6 Å². The molecule has 4 aromatic rings. The third-order valence-corrected chi connectivity index (χ3v) is 9.23. The summed E-state index contributed by atoms with van der Waals surface area (Å²) in [7, 11) is -4.29. The highest BCUT2D eigenvalue weighted by atomic mass is 35.5. The maximum atomic E-state index is 14.5. The van der Waals surface area contributed by atoms with Gasteiger partial charge in [0.25, 0.3) is 10.0 Å². The predicted octanol–water partition coefficient (Wildman–Crippen LogP) is 6.54. The molecule has 2 amide bonds. The van der Waals surface area contributed by atoms with Crippen molar-refractivity contribution in [3.05, 3.63) is 131 Å². The quantitative estimate of drug-likeness (QED) is 0.200. The highest BCUT2D eigenvalue weighted by Gasteiger charge is 2.36. The number of halogens is 2. The average molecular weight is 650 g/mol. The summed E-state index contributed by atoms with van der Waals surface area (Å²) in [5.41, 5.74) is 1.75. The molecule has 0 radical (unpaired) electrons. The molecule has 0 heterocycles. The van der Waals surface area contributed by atoms with Crippen molar-refractivity contribution in [2.45, 2.75) is 57.1 Å². The van der Waals surface area contributed by atoms with Crippen LogP contribution >= 0.6 is 11.6 Å². The van der Waals surface area contributed by atoms with E-state index in [2.05, 4.69) is 5.32 Å². The number of amides is 2. The molecule has 0 saturated heterocycles. The van der Waals surface area contributed by atoms with Gasteiger partial charge in [0.15, 0.2) is 0 Å². The molecular weight excluding hydrogens is 613 g/mol.